The van der Waals surface area contributed by atoms with Gasteiger partial charge in [0.25, 0.3) is 0 Å². The highest BCUT2D eigenvalue weighted by Gasteiger charge is 2.03. The van der Waals surface area contributed by atoms with Gasteiger partial charge in [0.05, 0.1) is 13.2 Å². The average Bonchev–Trinajstić information content (AvgIpc) is 2.67. The molecule has 2 rings (SSSR count). The fraction of sp³-hybridized carbons (Fsp3) is 0.318. The maximum Gasteiger partial charge on any atom is 0.248 e. The van der Waals surface area contributed by atoms with Crippen LogP contribution >= 0.6 is 15.9 Å². The van der Waals surface area contributed by atoms with E-state index < -0.39 is 0 Å². The molecule has 4 nitrogen and oxygen atoms in total. The van der Waals surface area contributed by atoms with Gasteiger partial charge in [-0.15, -0.1) is 0 Å². The van der Waals surface area contributed by atoms with Gasteiger partial charge in [0, 0.05) is 21.8 Å². The van der Waals surface area contributed by atoms with E-state index in [1.807, 2.05) is 49.4 Å². The van der Waals surface area contributed by atoms with Gasteiger partial charge in [-0.25, -0.2) is 0 Å². The fourth-order valence-corrected chi connectivity index (χ4v) is 2.84. The van der Waals surface area contributed by atoms with E-state index in [1.165, 1.54) is 18.9 Å². The Balaban J connectivity index is 1.92. The minimum absolute atomic E-state index is 0.200. The first-order valence-electron chi connectivity index (χ1n) is 9.26. The van der Waals surface area contributed by atoms with Crippen LogP contribution in [0.4, 0.5) is 5.69 Å². The number of amides is 1. The number of ether oxygens (including phenoxy) is 2. The van der Waals surface area contributed by atoms with Crippen LogP contribution in [0.5, 0.6) is 11.5 Å². The minimum atomic E-state index is -0.200. The minimum Gasteiger partial charge on any atom is -0.494 e. The van der Waals surface area contributed by atoms with Gasteiger partial charge in [-0.05, 0) is 61.9 Å². The number of nitrogens with one attached hydrogen (secondary N) is 1. The van der Waals surface area contributed by atoms with Crippen molar-refractivity contribution in [1.82, 2.24) is 0 Å². The Morgan fingerprint density at radius 1 is 1.07 bits per heavy atom. The summed E-state index contributed by atoms with van der Waals surface area (Å²) in [5.41, 5.74) is 1.57. The number of anilines is 1. The largest absolute Gasteiger partial charge is 0.494 e. The van der Waals surface area contributed by atoms with Crippen molar-refractivity contribution in [3.8, 4) is 11.5 Å². The molecule has 0 aliphatic carbocycles. The van der Waals surface area contributed by atoms with Crippen LogP contribution in [0.25, 0.3) is 6.08 Å². The van der Waals surface area contributed by atoms with Gasteiger partial charge in [0.15, 0.2) is 0 Å². The SMILES string of the molecule is CCCCCOc1ccc(NC(=O)/C=C/c2cc(Br)ccc2OCC)cc1. The van der Waals surface area contributed by atoms with E-state index in [2.05, 4.69) is 28.2 Å². The molecule has 0 fully saturated rings. The van der Waals surface area contributed by atoms with Gasteiger partial charge in [-0.2, -0.15) is 0 Å². The van der Waals surface area contributed by atoms with E-state index >= 15 is 0 Å². The van der Waals surface area contributed by atoms with Gasteiger partial charge >= 0.3 is 0 Å². The van der Waals surface area contributed by atoms with Gasteiger partial charge in [0.1, 0.15) is 11.5 Å². The molecule has 5 heteroatoms. The molecule has 2 aromatic rings. The molecule has 0 saturated heterocycles. The lowest BCUT2D eigenvalue weighted by molar-refractivity contribution is -0.111. The quantitative estimate of drug-likeness (QED) is 0.366. The number of benzene rings is 2. The molecule has 0 heterocycles. The summed E-state index contributed by atoms with van der Waals surface area (Å²) in [5.74, 6) is 1.36. The molecular formula is C22H26BrNO3. The molecule has 0 spiro atoms. The zero-order valence-corrected chi connectivity index (χ0v) is 17.4. The van der Waals surface area contributed by atoms with Crippen molar-refractivity contribution < 1.29 is 14.3 Å². The molecule has 0 aliphatic rings. The van der Waals surface area contributed by atoms with Crippen molar-refractivity contribution in [3.63, 3.8) is 0 Å². The molecule has 27 heavy (non-hydrogen) atoms. The Hall–Kier alpha value is -2.27. The summed E-state index contributed by atoms with van der Waals surface area (Å²) in [5, 5.41) is 2.85. The molecule has 0 radical (unpaired) electrons. The van der Waals surface area contributed by atoms with Gasteiger partial charge in [-0.1, -0.05) is 35.7 Å². The number of hydrogen-bond donors (Lipinski definition) is 1. The summed E-state index contributed by atoms with van der Waals surface area (Å²) in [6.45, 7) is 5.39. The van der Waals surface area contributed by atoms with Crippen molar-refractivity contribution in [3.05, 3.63) is 58.6 Å². The van der Waals surface area contributed by atoms with Crippen molar-refractivity contribution >= 4 is 33.6 Å². The maximum atomic E-state index is 12.2. The second kappa shape index (κ2) is 11.4. The molecule has 144 valence electrons. The zero-order valence-electron chi connectivity index (χ0n) is 15.8. The molecule has 0 unspecified atom stereocenters. The van der Waals surface area contributed by atoms with E-state index in [9.17, 15) is 4.79 Å². The molecule has 0 aliphatic heterocycles. The number of unbranched alkanes of at least 4 members (excludes halogenated alkanes) is 2. The summed E-state index contributed by atoms with van der Waals surface area (Å²) in [7, 11) is 0. The normalized spacial score (nSPS) is 10.8. The van der Waals surface area contributed by atoms with Gasteiger partial charge in [0.2, 0.25) is 5.91 Å². The second-order valence-corrected chi connectivity index (χ2v) is 6.93. The predicted molar refractivity (Wildman–Crippen MR) is 114 cm³/mol. The van der Waals surface area contributed by atoms with Crippen LogP contribution in [0, 0.1) is 0 Å². The van der Waals surface area contributed by atoms with Crippen LogP contribution < -0.4 is 14.8 Å². The van der Waals surface area contributed by atoms with E-state index in [-0.39, 0.29) is 5.91 Å². The molecule has 1 amide bonds. The monoisotopic (exact) mass is 431 g/mol. The highest BCUT2D eigenvalue weighted by molar-refractivity contribution is 9.10. The Morgan fingerprint density at radius 3 is 2.56 bits per heavy atom. The van der Waals surface area contributed by atoms with Crippen LogP contribution in [-0.2, 0) is 4.79 Å². The van der Waals surface area contributed by atoms with E-state index in [0.29, 0.717) is 6.61 Å². The van der Waals surface area contributed by atoms with Crippen molar-refractivity contribution in [2.24, 2.45) is 0 Å². The first kappa shape index (κ1) is 21.0. The number of hydrogen-bond acceptors (Lipinski definition) is 3. The smallest absolute Gasteiger partial charge is 0.248 e. The Labute approximate surface area is 169 Å². The van der Waals surface area contributed by atoms with Gasteiger partial charge < -0.3 is 14.8 Å². The van der Waals surface area contributed by atoms with Gasteiger partial charge in [-0.3, -0.25) is 4.79 Å². The molecule has 0 atom stereocenters. The van der Waals surface area contributed by atoms with E-state index in [1.54, 1.807) is 6.08 Å². The van der Waals surface area contributed by atoms with E-state index in [4.69, 9.17) is 9.47 Å². The molecular weight excluding hydrogens is 406 g/mol. The first-order valence-corrected chi connectivity index (χ1v) is 10.1. The summed E-state index contributed by atoms with van der Waals surface area (Å²) < 4.78 is 12.2. The van der Waals surface area contributed by atoms with Crippen LogP contribution in [0.3, 0.4) is 0 Å². The fourth-order valence-electron chi connectivity index (χ4n) is 2.46. The molecule has 0 bridgehead atoms. The first-order chi connectivity index (χ1) is 13.1. The van der Waals surface area contributed by atoms with Crippen molar-refractivity contribution in [2.45, 2.75) is 33.1 Å². The maximum absolute atomic E-state index is 12.2. The molecule has 2 aromatic carbocycles. The lowest BCUT2D eigenvalue weighted by Gasteiger charge is -2.08. The van der Waals surface area contributed by atoms with Crippen LogP contribution in [0.15, 0.2) is 53.0 Å². The van der Waals surface area contributed by atoms with Crippen LogP contribution in [-0.4, -0.2) is 19.1 Å². The topological polar surface area (TPSA) is 47.6 Å². The molecule has 1 N–H and O–H groups in total. The second-order valence-electron chi connectivity index (χ2n) is 6.02. The lowest BCUT2D eigenvalue weighted by atomic mass is 10.2. The molecule has 0 aromatic heterocycles. The number of carbonyl (C=O) groups excluding carboxylic acids is 1. The summed E-state index contributed by atoms with van der Waals surface area (Å²) in [6, 6.07) is 13.1. The Kier molecular flexibility index (Phi) is 8.92. The third kappa shape index (κ3) is 7.47. The van der Waals surface area contributed by atoms with Crippen LogP contribution in [0.1, 0.15) is 38.7 Å². The number of rotatable bonds is 10. The zero-order chi connectivity index (χ0) is 19.5. The highest BCUT2D eigenvalue weighted by Crippen LogP contribution is 2.24. The number of halogens is 1. The lowest BCUT2D eigenvalue weighted by Crippen LogP contribution is -2.07. The van der Waals surface area contributed by atoms with Crippen molar-refractivity contribution in [2.75, 3.05) is 18.5 Å². The Morgan fingerprint density at radius 2 is 1.85 bits per heavy atom. The number of carbonyl (C=O) groups is 1. The summed E-state index contributed by atoms with van der Waals surface area (Å²) in [4.78, 5) is 12.2. The summed E-state index contributed by atoms with van der Waals surface area (Å²) >= 11 is 3.44. The predicted octanol–water partition coefficient (Wildman–Crippen LogP) is 6.07. The summed E-state index contributed by atoms with van der Waals surface area (Å²) in [6.07, 6.45) is 6.65. The Bertz CT molecular complexity index is 757. The standard InChI is InChI=1S/C22H26BrNO3/c1-3-5-6-15-27-20-11-9-19(10-12-20)24-22(25)14-7-17-16-18(23)8-13-21(17)26-4-2/h7-14,16H,3-6,15H2,1-2H3,(H,24,25)/b14-7+. The third-order valence-electron chi connectivity index (χ3n) is 3.82. The third-order valence-corrected chi connectivity index (χ3v) is 4.32. The van der Waals surface area contributed by atoms with Crippen LogP contribution in [0.2, 0.25) is 0 Å². The average molecular weight is 432 g/mol. The van der Waals surface area contributed by atoms with Crippen molar-refractivity contribution in [1.29, 1.82) is 0 Å². The highest BCUT2D eigenvalue weighted by atomic mass is 79.9. The van der Waals surface area contributed by atoms with E-state index in [0.717, 1.165) is 40.3 Å². The molecule has 0 saturated carbocycles.